The van der Waals surface area contributed by atoms with Gasteiger partial charge in [-0.2, -0.15) is 0 Å². The summed E-state index contributed by atoms with van der Waals surface area (Å²) >= 11 is 0. The molecular formula is C12H12O3. The predicted octanol–water partition coefficient (Wildman–Crippen LogP) is 1.72. The summed E-state index contributed by atoms with van der Waals surface area (Å²) in [6.45, 7) is 0.410. The van der Waals surface area contributed by atoms with Crippen LogP contribution in [0.5, 0.6) is 5.75 Å². The second-order valence-corrected chi connectivity index (χ2v) is 2.98. The highest BCUT2D eigenvalue weighted by Gasteiger charge is 2.06. The summed E-state index contributed by atoms with van der Waals surface area (Å²) in [6, 6.07) is 7.07. The Morgan fingerprint density at radius 2 is 2.20 bits per heavy atom. The van der Waals surface area contributed by atoms with Crippen molar-refractivity contribution in [2.45, 2.75) is 12.8 Å². The van der Waals surface area contributed by atoms with Gasteiger partial charge in [0, 0.05) is 12.0 Å². The molecule has 0 aliphatic rings. The van der Waals surface area contributed by atoms with Gasteiger partial charge in [-0.25, -0.2) is 0 Å². The van der Waals surface area contributed by atoms with Gasteiger partial charge in [0.15, 0.2) is 0 Å². The van der Waals surface area contributed by atoms with Gasteiger partial charge in [-0.1, -0.05) is 18.2 Å². The van der Waals surface area contributed by atoms with Gasteiger partial charge in [0.1, 0.15) is 5.75 Å². The van der Waals surface area contributed by atoms with E-state index in [1.54, 1.807) is 24.3 Å². The van der Waals surface area contributed by atoms with Crippen molar-refractivity contribution in [1.82, 2.24) is 0 Å². The number of carboxylic acid groups (broad SMARTS) is 1. The molecule has 15 heavy (non-hydrogen) atoms. The van der Waals surface area contributed by atoms with Crippen molar-refractivity contribution in [3.8, 4) is 18.1 Å². The Morgan fingerprint density at radius 3 is 2.87 bits per heavy atom. The van der Waals surface area contributed by atoms with Crippen LogP contribution in [0.25, 0.3) is 0 Å². The Bertz CT molecular complexity index is 377. The molecule has 0 amide bonds. The third-order valence-corrected chi connectivity index (χ3v) is 1.82. The van der Waals surface area contributed by atoms with E-state index in [2.05, 4.69) is 5.92 Å². The minimum absolute atomic E-state index is 0.0355. The first-order valence-corrected chi connectivity index (χ1v) is 4.60. The lowest BCUT2D eigenvalue weighted by molar-refractivity contribution is -0.136. The fourth-order valence-corrected chi connectivity index (χ4v) is 1.17. The number of terminal acetylenes is 1. The highest BCUT2D eigenvalue weighted by Crippen LogP contribution is 2.18. The van der Waals surface area contributed by atoms with E-state index >= 15 is 0 Å². The first-order chi connectivity index (χ1) is 7.24. The Balaban J connectivity index is 2.69. The van der Waals surface area contributed by atoms with Crippen LogP contribution >= 0.6 is 0 Å². The average Bonchev–Trinajstić information content (AvgIpc) is 2.20. The van der Waals surface area contributed by atoms with Gasteiger partial charge in [-0.3, -0.25) is 4.79 Å². The van der Waals surface area contributed by atoms with Crippen LogP contribution in [0.1, 0.15) is 12.0 Å². The smallest absolute Gasteiger partial charge is 0.307 e. The Morgan fingerprint density at radius 1 is 1.47 bits per heavy atom. The molecule has 0 unspecified atom stereocenters. The van der Waals surface area contributed by atoms with Crippen LogP contribution in [0.4, 0.5) is 0 Å². The lowest BCUT2D eigenvalue weighted by Crippen LogP contribution is -2.04. The van der Waals surface area contributed by atoms with E-state index in [0.717, 1.165) is 0 Å². The van der Waals surface area contributed by atoms with Crippen molar-refractivity contribution in [3.63, 3.8) is 0 Å². The lowest BCUT2D eigenvalue weighted by atomic mass is 10.1. The van der Waals surface area contributed by atoms with Gasteiger partial charge in [0.25, 0.3) is 0 Å². The molecule has 1 N–H and O–H groups in total. The van der Waals surface area contributed by atoms with Crippen LogP contribution < -0.4 is 4.74 Å². The van der Waals surface area contributed by atoms with Crippen molar-refractivity contribution >= 4 is 5.97 Å². The van der Waals surface area contributed by atoms with Crippen molar-refractivity contribution in [2.75, 3.05) is 6.61 Å². The number of aliphatic carboxylic acids is 1. The number of ether oxygens (including phenoxy) is 1. The Kier molecular flexibility index (Phi) is 4.24. The third-order valence-electron chi connectivity index (χ3n) is 1.82. The second-order valence-electron chi connectivity index (χ2n) is 2.98. The third kappa shape index (κ3) is 3.74. The zero-order valence-corrected chi connectivity index (χ0v) is 8.27. The van der Waals surface area contributed by atoms with E-state index in [1.807, 2.05) is 0 Å². The quantitative estimate of drug-likeness (QED) is 0.586. The number of hydrogen-bond acceptors (Lipinski definition) is 2. The summed E-state index contributed by atoms with van der Waals surface area (Å²) in [6.07, 6.45) is 5.57. The molecule has 0 aliphatic heterocycles. The summed E-state index contributed by atoms with van der Waals surface area (Å²) in [5, 5.41) is 8.68. The monoisotopic (exact) mass is 204 g/mol. The molecule has 0 aromatic heterocycles. The minimum atomic E-state index is -0.872. The largest absolute Gasteiger partial charge is 0.492 e. The molecule has 1 aromatic rings. The number of carboxylic acids is 1. The molecule has 0 radical (unpaired) electrons. The van der Waals surface area contributed by atoms with Crippen molar-refractivity contribution < 1.29 is 14.6 Å². The molecule has 0 bridgehead atoms. The number of carbonyl (C=O) groups is 1. The maximum atomic E-state index is 10.6. The van der Waals surface area contributed by atoms with E-state index in [0.29, 0.717) is 24.3 Å². The van der Waals surface area contributed by atoms with Crippen LogP contribution in [0, 0.1) is 12.3 Å². The molecule has 1 rings (SSSR count). The van der Waals surface area contributed by atoms with Gasteiger partial charge < -0.3 is 9.84 Å². The first-order valence-electron chi connectivity index (χ1n) is 4.60. The van der Waals surface area contributed by atoms with Gasteiger partial charge in [0.05, 0.1) is 13.0 Å². The van der Waals surface area contributed by atoms with Crippen LogP contribution in [-0.4, -0.2) is 17.7 Å². The first kappa shape index (κ1) is 11.1. The highest BCUT2D eigenvalue weighted by atomic mass is 16.5. The average molecular weight is 204 g/mol. The summed E-state index contributed by atoms with van der Waals surface area (Å²) in [4.78, 5) is 10.6. The Labute approximate surface area is 88.7 Å². The molecule has 3 nitrogen and oxygen atoms in total. The number of rotatable bonds is 5. The predicted molar refractivity (Wildman–Crippen MR) is 56.7 cm³/mol. The second kappa shape index (κ2) is 5.71. The van der Waals surface area contributed by atoms with E-state index in [4.69, 9.17) is 16.3 Å². The fourth-order valence-electron chi connectivity index (χ4n) is 1.17. The lowest BCUT2D eigenvalue weighted by Gasteiger charge is -2.08. The number of hydrogen-bond donors (Lipinski definition) is 1. The topological polar surface area (TPSA) is 46.5 Å². The van der Waals surface area contributed by atoms with E-state index in [1.165, 1.54) is 0 Å². The SMILES string of the molecule is C#CCCOc1ccccc1CC(=O)O. The van der Waals surface area contributed by atoms with Gasteiger partial charge in [-0.05, 0) is 6.07 Å². The summed E-state index contributed by atoms with van der Waals surface area (Å²) < 4.78 is 5.37. The summed E-state index contributed by atoms with van der Waals surface area (Å²) in [7, 11) is 0. The molecule has 0 spiro atoms. The molecule has 0 saturated heterocycles. The summed E-state index contributed by atoms with van der Waals surface area (Å²) in [5.74, 6) is 2.18. The maximum Gasteiger partial charge on any atom is 0.307 e. The molecule has 0 atom stereocenters. The normalized spacial score (nSPS) is 9.27. The van der Waals surface area contributed by atoms with Crippen molar-refractivity contribution in [3.05, 3.63) is 29.8 Å². The fraction of sp³-hybridized carbons (Fsp3) is 0.250. The van der Waals surface area contributed by atoms with Gasteiger partial charge >= 0.3 is 5.97 Å². The molecule has 0 aliphatic carbocycles. The molecule has 0 fully saturated rings. The molecule has 1 aromatic carbocycles. The molecular weight excluding hydrogens is 192 g/mol. The van der Waals surface area contributed by atoms with E-state index in [9.17, 15) is 4.79 Å². The van der Waals surface area contributed by atoms with Crippen LogP contribution in [-0.2, 0) is 11.2 Å². The Hall–Kier alpha value is -1.95. The maximum absolute atomic E-state index is 10.6. The van der Waals surface area contributed by atoms with Crippen LogP contribution in [0.3, 0.4) is 0 Å². The zero-order valence-electron chi connectivity index (χ0n) is 8.27. The molecule has 3 heteroatoms. The number of para-hydroxylation sites is 1. The summed E-state index contributed by atoms with van der Waals surface area (Å²) in [5.41, 5.74) is 0.669. The number of benzene rings is 1. The van der Waals surface area contributed by atoms with E-state index in [-0.39, 0.29) is 6.42 Å². The zero-order chi connectivity index (χ0) is 11.1. The van der Waals surface area contributed by atoms with Gasteiger partial charge in [0.2, 0.25) is 0 Å². The van der Waals surface area contributed by atoms with Crippen LogP contribution in [0.15, 0.2) is 24.3 Å². The standard InChI is InChI=1S/C12H12O3/c1-2-3-8-15-11-7-5-4-6-10(11)9-12(13)14/h1,4-7H,3,8-9H2,(H,13,14). The van der Waals surface area contributed by atoms with Crippen LogP contribution in [0.2, 0.25) is 0 Å². The molecule has 78 valence electrons. The minimum Gasteiger partial charge on any atom is -0.492 e. The van der Waals surface area contributed by atoms with Gasteiger partial charge in [-0.15, -0.1) is 12.3 Å². The molecule has 0 saturated carbocycles. The molecule has 0 heterocycles. The highest BCUT2D eigenvalue weighted by molar-refractivity contribution is 5.71. The van der Waals surface area contributed by atoms with Crippen molar-refractivity contribution in [2.24, 2.45) is 0 Å². The van der Waals surface area contributed by atoms with Crippen molar-refractivity contribution in [1.29, 1.82) is 0 Å². The van der Waals surface area contributed by atoms with E-state index < -0.39 is 5.97 Å².